The minimum absolute atomic E-state index is 0.0225. The Morgan fingerprint density at radius 2 is 1.42 bits per heavy atom. The summed E-state index contributed by atoms with van der Waals surface area (Å²) in [5.74, 6) is -1.53. The van der Waals surface area contributed by atoms with Gasteiger partial charge in [-0.2, -0.15) is 25.9 Å². The molecule has 0 spiro atoms. The fourth-order valence-corrected chi connectivity index (χ4v) is 6.45. The highest BCUT2D eigenvalue weighted by molar-refractivity contribution is 9.10. The summed E-state index contributed by atoms with van der Waals surface area (Å²) in [6.07, 6.45) is 0. The van der Waals surface area contributed by atoms with Gasteiger partial charge in [-0.15, -0.1) is 0 Å². The average Bonchev–Trinajstić information content (AvgIpc) is 2.80. The summed E-state index contributed by atoms with van der Waals surface area (Å²) in [5, 5.41) is 0.443. The Morgan fingerprint density at radius 3 is 1.97 bits per heavy atom. The van der Waals surface area contributed by atoms with Crippen molar-refractivity contribution < 1.29 is 34.8 Å². The number of carbonyl (C=O) groups excluding carboxylic acids is 1. The molecule has 0 bridgehead atoms. The standard InChI is InChI=1S/C22H15BrCl3F3N2O5S2/c23-16-9-13(5-7-15(16)21(32)30-38(35,36)22(27,28)29)11-31(12-14-6-8-17(24)19(26)10-14)37(33,34)20-4-2-1-3-18(20)25/h1-10H,11-12H2,(H,30,32). The molecule has 0 fully saturated rings. The second-order valence-electron chi connectivity index (χ2n) is 7.65. The van der Waals surface area contributed by atoms with Crippen LogP contribution in [0, 0.1) is 0 Å². The van der Waals surface area contributed by atoms with Crippen LogP contribution in [0.3, 0.4) is 0 Å². The summed E-state index contributed by atoms with van der Waals surface area (Å²) in [4.78, 5) is 12.0. The van der Waals surface area contributed by atoms with Crippen molar-refractivity contribution >= 4 is 76.7 Å². The van der Waals surface area contributed by atoms with Crippen molar-refractivity contribution in [3.63, 3.8) is 0 Å². The van der Waals surface area contributed by atoms with Crippen LogP contribution in [0.2, 0.25) is 15.1 Å². The van der Waals surface area contributed by atoms with Crippen molar-refractivity contribution in [1.82, 2.24) is 9.03 Å². The number of rotatable bonds is 8. The lowest BCUT2D eigenvalue weighted by Crippen LogP contribution is -2.40. The van der Waals surface area contributed by atoms with E-state index in [9.17, 15) is 34.8 Å². The van der Waals surface area contributed by atoms with Crippen LogP contribution in [0.25, 0.3) is 0 Å². The summed E-state index contributed by atoms with van der Waals surface area (Å²) in [7, 11) is -10.1. The molecule has 7 nitrogen and oxygen atoms in total. The fraction of sp³-hybridized carbons (Fsp3) is 0.136. The molecule has 38 heavy (non-hydrogen) atoms. The van der Waals surface area contributed by atoms with Gasteiger partial charge in [0.15, 0.2) is 0 Å². The van der Waals surface area contributed by atoms with E-state index in [0.717, 1.165) is 15.1 Å². The molecule has 0 saturated carbocycles. The van der Waals surface area contributed by atoms with Crippen LogP contribution < -0.4 is 4.72 Å². The molecule has 3 aromatic carbocycles. The molecule has 0 heterocycles. The number of amides is 1. The minimum atomic E-state index is -5.93. The van der Waals surface area contributed by atoms with Crippen molar-refractivity contribution in [2.24, 2.45) is 0 Å². The molecule has 0 radical (unpaired) electrons. The van der Waals surface area contributed by atoms with E-state index >= 15 is 0 Å². The summed E-state index contributed by atoms with van der Waals surface area (Å²) in [6.45, 7) is -0.441. The Balaban J connectivity index is 1.97. The van der Waals surface area contributed by atoms with Crippen LogP contribution in [0.15, 0.2) is 70.0 Å². The van der Waals surface area contributed by atoms with Crippen molar-refractivity contribution in [3.8, 4) is 0 Å². The lowest BCUT2D eigenvalue weighted by Gasteiger charge is -2.23. The van der Waals surface area contributed by atoms with E-state index < -0.39 is 37.0 Å². The van der Waals surface area contributed by atoms with Gasteiger partial charge in [0.05, 0.1) is 20.6 Å². The first-order chi connectivity index (χ1) is 17.5. The van der Waals surface area contributed by atoms with Gasteiger partial charge in [0.1, 0.15) is 4.90 Å². The number of benzene rings is 3. The van der Waals surface area contributed by atoms with E-state index in [1.165, 1.54) is 42.5 Å². The topological polar surface area (TPSA) is 101 Å². The predicted molar refractivity (Wildman–Crippen MR) is 141 cm³/mol. The second kappa shape index (κ2) is 11.7. The van der Waals surface area contributed by atoms with E-state index in [4.69, 9.17) is 34.8 Å². The first kappa shape index (κ1) is 30.7. The first-order valence-corrected chi connectivity index (χ1v) is 15.0. The van der Waals surface area contributed by atoms with Crippen LogP contribution in [0.5, 0.6) is 0 Å². The maximum Gasteiger partial charge on any atom is 0.516 e. The number of hydrogen-bond donors (Lipinski definition) is 1. The monoisotopic (exact) mass is 692 g/mol. The minimum Gasteiger partial charge on any atom is -0.268 e. The van der Waals surface area contributed by atoms with Crippen LogP contribution in [0.1, 0.15) is 21.5 Å². The Bertz CT molecular complexity index is 1600. The van der Waals surface area contributed by atoms with Gasteiger partial charge in [0, 0.05) is 17.6 Å². The number of nitrogens with zero attached hydrogens (tertiary/aromatic N) is 1. The number of halogens is 7. The molecule has 1 amide bonds. The zero-order valence-corrected chi connectivity index (χ0v) is 24.1. The van der Waals surface area contributed by atoms with E-state index in [2.05, 4.69) is 15.9 Å². The third-order valence-electron chi connectivity index (χ3n) is 4.97. The van der Waals surface area contributed by atoms with Gasteiger partial charge in [0.25, 0.3) is 5.91 Å². The molecule has 3 aromatic rings. The molecule has 0 aromatic heterocycles. The van der Waals surface area contributed by atoms with Gasteiger partial charge >= 0.3 is 15.5 Å². The molecule has 0 unspecified atom stereocenters. The highest BCUT2D eigenvalue weighted by Gasteiger charge is 2.47. The largest absolute Gasteiger partial charge is 0.516 e. The Labute approximate surface area is 239 Å². The predicted octanol–water partition coefficient (Wildman–Crippen LogP) is 6.38. The van der Waals surface area contributed by atoms with Gasteiger partial charge in [-0.05, 0) is 63.5 Å². The third kappa shape index (κ3) is 7.00. The lowest BCUT2D eigenvalue weighted by molar-refractivity contribution is -0.0446. The number of nitrogens with one attached hydrogen (secondary N) is 1. The number of carbonyl (C=O) groups is 1. The quantitative estimate of drug-likeness (QED) is 0.295. The van der Waals surface area contributed by atoms with Gasteiger partial charge < -0.3 is 0 Å². The summed E-state index contributed by atoms with van der Waals surface area (Å²) < 4.78 is 89.5. The molecule has 3 rings (SSSR count). The number of alkyl halides is 3. The zero-order chi connectivity index (χ0) is 28.5. The maximum absolute atomic E-state index is 13.6. The number of sulfonamides is 2. The van der Waals surface area contributed by atoms with Gasteiger partial charge in [-0.25, -0.2) is 13.1 Å². The van der Waals surface area contributed by atoms with Crippen LogP contribution >= 0.6 is 50.7 Å². The Hall–Kier alpha value is -1.87. The van der Waals surface area contributed by atoms with Crippen LogP contribution in [-0.4, -0.2) is 32.6 Å². The van der Waals surface area contributed by atoms with Crippen LogP contribution in [-0.2, 0) is 33.1 Å². The van der Waals surface area contributed by atoms with Gasteiger partial charge in [-0.3, -0.25) is 4.79 Å². The Morgan fingerprint density at radius 1 is 0.842 bits per heavy atom. The molecular formula is C22H15BrCl3F3N2O5S2. The third-order valence-corrected chi connectivity index (χ3v) is 9.72. The SMILES string of the molecule is O=C(NS(=O)(=O)C(F)(F)F)c1ccc(CN(Cc2ccc(Cl)c(Cl)c2)S(=O)(=O)c2ccccc2Cl)cc1Br. The Kier molecular flexibility index (Phi) is 9.45. The van der Waals surface area contributed by atoms with Crippen LogP contribution in [0.4, 0.5) is 13.2 Å². The molecule has 0 aliphatic heterocycles. The molecule has 16 heteroatoms. The second-order valence-corrected chi connectivity index (χ2v) is 13.3. The first-order valence-electron chi connectivity index (χ1n) is 10.1. The highest BCUT2D eigenvalue weighted by atomic mass is 79.9. The zero-order valence-electron chi connectivity index (χ0n) is 18.6. The number of hydrogen-bond acceptors (Lipinski definition) is 5. The smallest absolute Gasteiger partial charge is 0.268 e. The molecule has 0 atom stereocenters. The lowest BCUT2D eigenvalue weighted by atomic mass is 10.1. The van der Waals surface area contributed by atoms with Crippen molar-refractivity contribution in [2.75, 3.05) is 0 Å². The van der Waals surface area contributed by atoms with E-state index in [1.807, 2.05) is 0 Å². The molecule has 0 aliphatic carbocycles. The van der Waals surface area contributed by atoms with Gasteiger partial charge in [0.2, 0.25) is 10.0 Å². The fourth-order valence-electron chi connectivity index (χ4n) is 3.14. The molecule has 0 saturated heterocycles. The summed E-state index contributed by atoms with van der Waals surface area (Å²) in [6, 6.07) is 14.0. The molecule has 1 N–H and O–H groups in total. The normalized spacial score (nSPS) is 12.5. The van der Waals surface area contributed by atoms with Gasteiger partial charge in [-0.1, -0.05) is 59.1 Å². The molecule has 204 valence electrons. The molecule has 0 aliphatic rings. The highest BCUT2D eigenvalue weighted by Crippen LogP contribution is 2.30. The van der Waals surface area contributed by atoms with E-state index in [0.29, 0.717) is 11.1 Å². The van der Waals surface area contributed by atoms with E-state index in [1.54, 1.807) is 12.1 Å². The van der Waals surface area contributed by atoms with E-state index in [-0.39, 0.29) is 37.5 Å². The average molecular weight is 695 g/mol. The van der Waals surface area contributed by atoms with Crippen molar-refractivity contribution in [2.45, 2.75) is 23.5 Å². The van der Waals surface area contributed by atoms with Crippen molar-refractivity contribution in [1.29, 1.82) is 0 Å². The maximum atomic E-state index is 13.6. The summed E-state index contributed by atoms with van der Waals surface area (Å²) in [5.41, 5.74) is -5.32. The van der Waals surface area contributed by atoms with Crippen molar-refractivity contribution in [3.05, 3.63) is 96.9 Å². The molecular weight excluding hydrogens is 680 g/mol. The summed E-state index contributed by atoms with van der Waals surface area (Å²) >= 11 is 21.2.